The van der Waals surface area contributed by atoms with Crippen LogP contribution in [0.5, 0.6) is 0 Å². The molecule has 1 N–H and O–H groups in total. The quantitative estimate of drug-likeness (QED) is 0.0211. The third-order valence-electron chi connectivity index (χ3n) is 14.2. The van der Waals surface area contributed by atoms with Crippen LogP contribution < -0.4 is 0 Å². The molecular formula is C68H125NO8P+. The summed E-state index contributed by atoms with van der Waals surface area (Å²) in [4.78, 5) is 35.7. The van der Waals surface area contributed by atoms with Crippen molar-refractivity contribution in [3.05, 3.63) is 72.9 Å². The zero-order chi connectivity index (χ0) is 57.0. The highest BCUT2D eigenvalue weighted by atomic mass is 31.2. The minimum atomic E-state index is -4.39. The first-order valence-corrected chi connectivity index (χ1v) is 34.2. The van der Waals surface area contributed by atoms with E-state index in [4.69, 9.17) is 18.5 Å². The molecule has 0 heterocycles. The number of rotatable bonds is 60. The molecule has 0 aliphatic rings. The number of allylic oxidation sites excluding steroid dienone is 12. The third-order valence-corrected chi connectivity index (χ3v) is 15.2. The minimum absolute atomic E-state index is 0.0314. The van der Waals surface area contributed by atoms with Crippen LogP contribution in [0, 0.1) is 0 Å². The molecule has 0 aromatic carbocycles. The van der Waals surface area contributed by atoms with E-state index in [-0.39, 0.29) is 32.0 Å². The third kappa shape index (κ3) is 62.6. The van der Waals surface area contributed by atoms with E-state index in [1.54, 1.807) is 0 Å². The summed E-state index contributed by atoms with van der Waals surface area (Å²) in [6.07, 6.45) is 78.6. The van der Waals surface area contributed by atoms with Gasteiger partial charge in [0.1, 0.15) is 19.8 Å². The van der Waals surface area contributed by atoms with Crippen LogP contribution in [0.4, 0.5) is 0 Å². The average molecular weight is 1120 g/mol. The number of hydrogen-bond acceptors (Lipinski definition) is 7. The molecule has 0 saturated heterocycles. The predicted octanol–water partition coefficient (Wildman–Crippen LogP) is 20.8. The maximum Gasteiger partial charge on any atom is 0.472 e. The second-order valence-corrected chi connectivity index (χ2v) is 24.6. The van der Waals surface area contributed by atoms with Crippen LogP contribution in [-0.2, 0) is 32.7 Å². The summed E-state index contributed by atoms with van der Waals surface area (Å²) < 4.78 is 34.6. The standard InChI is InChI=1S/C68H124NO8P/c1-6-8-10-12-14-16-18-20-22-24-25-26-27-28-29-30-31-32-33-34-35-36-37-38-39-40-41-42-43-45-47-49-51-53-55-57-59-61-68(71)77-66(65-76-78(72,73)75-63-62-69(3,4)5)64-74-67(70)60-58-56-54-52-50-48-46-44-23-21-19-17-15-13-11-9-7-2/h8,10,14,16,20-23,25-26,28-29,66H,6-7,9,11-13,15,17-19,24,27,30-65H2,1-5H3/p+1/b10-8-,16-14-,22-20-,23-21-,26-25-,29-28-. The van der Waals surface area contributed by atoms with Gasteiger partial charge in [-0.3, -0.25) is 18.6 Å². The van der Waals surface area contributed by atoms with E-state index in [0.29, 0.717) is 17.4 Å². The molecule has 0 aliphatic heterocycles. The first-order valence-electron chi connectivity index (χ1n) is 32.7. The fraction of sp³-hybridized carbons (Fsp3) is 0.794. The lowest BCUT2D eigenvalue weighted by Gasteiger charge is -2.24. The van der Waals surface area contributed by atoms with Crippen molar-refractivity contribution in [1.82, 2.24) is 0 Å². The summed E-state index contributed by atoms with van der Waals surface area (Å²) in [6.45, 7) is 4.34. The molecule has 0 spiro atoms. The molecule has 78 heavy (non-hydrogen) atoms. The fourth-order valence-electron chi connectivity index (χ4n) is 9.22. The van der Waals surface area contributed by atoms with Gasteiger partial charge in [-0.1, -0.05) is 273 Å². The van der Waals surface area contributed by atoms with Crippen molar-refractivity contribution < 1.29 is 42.1 Å². The summed E-state index contributed by atoms with van der Waals surface area (Å²) >= 11 is 0. The van der Waals surface area contributed by atoms with Gasteiger partial charge in [0.2, 0.25) is 0 Å². The summed E-state index contributed by atoms with van der Waals surface area (Å²) in [5.74, 6) is -0.791. The van der Waals surface area contributed by atoms with Gasteiger partial charge in [0, 0.05) is 12.8 Å². The van der Waals surface area contributed by atoms with Gasteiger partial charge in [-0.25, -0.2) is 4.57 Å². The number of likely N-dealkylation sites (N-methyl/N-ethyl adjacent to an activating group) is 1. The molecule has 0 aliphatic carbocycles. The number of nitrogens with zero attached hydrogens (tertiary/aromatic N) is 1. The fourth-order valence-corrected chi connectivity index (χ4v) is 9.96. The van der Waals surface area contributed by atoms with Crippen LogP contribution in [0.3, 0.4) is 0 Å². The Balaban J connectivity index is 3.97. The molecule has 10 heteroatoms. The van der Waals surface area contributed by atoms with Gasteiger partial charge in [0.25, 0.3) is 0 Å². The van der Waals surface area contributed by atoms with Crippen LogP contribution in [-0.4, -0.2) is 74.9 Å². The Morgan fingerprint density at radius 1 is 0.410 bits per heavy atom. The molecule has 0 bridgehead atoms. The van der Waals surface area contributed by atoms with Crippen molar-refractivity contribution in [2.75, 3.05) is 47.5 Å². The number of phosphoric acid groups is 1. The summed E-state index contributed by atoms with van der Waals surface area (Å²) in [6, 6.07) is 0. The summed E-state index contributed by atoms with van der Waals surface area (Å²) in [5.41, 5.74) is 0. The highest BCUT2D eigenvalue weighted by molar-refractivity contribution is 7.47. The van der Waals surface area contributed by atoms with Gasteiger partial charge in [-0.05, 0) is 83.5 Å². The van der Waals surface area contributed by atoms with Crippen molar-refractivity contribution >= 4 is 19.8 Å². The van der Waals surface area contributed by atoms with Crippen molar-refractivity contribution in [3.8, 4) is 0 Å². The second-order valence-electron chi connectivity index (χ2n) is 23.1. The maximum absolute atomic E-state index is 12.8. The van der Waals surface area contributed by atoms with Crippen molar-refractivity contribution in [1.29, 1.82) is 0 Å². The van der Waals surface area contributed by atoms with Gasteiger partial charge >= 0.3 is 19.8 Å². The Morgan fingerprint density at radius 3 is 1.10 bits per heavy atom. The Kier molecular flexibility index (Phi) is 57.2. The largest absolute Gasteiger partial charge is 0.472 e. The Bertz CT molecular complexity index is 1550. The van der Waals surface area contributed by atoms with Crippen LogP contribution in [0.25, 0.3) is 0 Å². The van der Waals surface area contributed by atoms with Crippen LogP contribution in [0.1, 0.15) is 296 Å². The molecule has 454 valence electrons. The molecule has 0 rings (SSSR count). The van der Waals surface area contributed by atoms with E-state index >= 15 is 0 Å². The molecule has 0 radical (unpaired) electrons. The first kappa shape index (κ1) is 75.5. The minimum Gasteiger partial charge on any atom is -0.462 e. The number of esters is 2. The first-order chi connectivity index (χ1) is 38.0. The van der Waals surface area contributed by atoms with Gasteiger partial charge in [-0.2, -0.15) is 0 Å². The van der Waals surface area contributed by atoms with E-state index in [0.717, 1.165) is 64.2 Å². The lowest BCUT2D eigenvalue weighted by molar-refractivity contribution is -0.870. The normalized spacial score (nSPS) is 13.7. The molecule has 0 amide bonds. The van der Waals surface area contributed by atoms with Crippen molar-refractivity contribution in [3.63, 3.8) is 0 Å². The summed E-state index contributed by atoms with van der Waals surface area (Å²) in [5, 5.41) is 0. The van der Waals surface area contributed by atoms with Crippen molar-refractivity contribution in [2.24, 2.45) is 0 Å². The Morgan fingerprint density at radius 2 is 0.731 bits per heavy atom. The van der Waals surface area contributed by atoms with E-state index in [1.807, 2.05) is 21.1 Å². The lowest BCUT2D eigenvalue weighted by Crippen LogP contribution is -2.37. The van der Waals surface area contributed by atoms with Crippen LogP contribution in [0.2, 0.25) is 0 Å². The predicted molar refractivity (Wildman–Crippen MR) is 335 cm³/mol. The molecule has 0 fully saturated rings. The Hall–Kier alpha value is -2.55. The van der Waals surface area contributed by atoms with Gasteiger partial charge < -0.3 is 18.9 Å². The lowest BCUT2D eigenvalue weighted by atomic mass is 10.0. The Labute approximate surface area is 482 Å². The topological polar surface area (TPSA) is 108 Å². The van der Waals surface area contributed by atoms with Gasteiger partial charge in [-0.15, -0.1) is 0 Å². The number of quaternary nitrogens is 1. The highest BCUT2D eigenvalue weighted by Crippen LogP contribution is 2.43. The average Bonchev–Trinajstić information content (AvgIpc) is 3.41. The zero-order valence-electron chi connectivity index (χ0n) is 51.6. The SMILES string of the molecule is CC/C=C\C/C=C\C/C=C\C/C=C\C/C=C\CCCCCCCCCCCCCCCCCCCCCCCC(=O)OC(COC(=O)CCCCCCCCC/C=C\CCCCCCCC)COP(=O)(O)OCC[N+](C)(C)C. The van der Waals surface area contributed by atoms with E-state index in [9.17, 15) is 19.0 Å². The molecule has 9 nitrogen and oxygen atoms in total. The van der Waals surface area contributed by atoms with Crippen LogP contribution >= 0.6 is 7.82 Å². The molecule has 0 aromatic heterocycles. The highest BCUT2D eigenvalue weighted by Gasteiger charge is 2.27. The monoisotopic (exact) mass is 1110 g/mol. The number of hydrogen-bond donors (Lipinski definition) is 1. The molecule has 0 saturated carbocycles. The molecule has 0 aromatic rings. The van der Waals surface area contributed by atoms with Crippen molar-refractivity contribution in [2.45, 2.75) is 302 Å². The van der Waals surface area contributed by atoms with E-state index in [2.05, 4.69) is 86.8 Å². The molecule has 2 atom stereocenters. The number of carbonyl (C=O) groups excluding carboxylic acids is 2. The molecule has 2 unspecified atom stereocenters. The number of phosphoric ester groups is 1. The van der Waals surface area contributed by atoms with E-state index in [1.165, 1.54) is 199 Å². The summed E-state index contributed by atoms with van der Waals surface area (Å²) in [7, 11) is 1.48. The van der Waals surface area contributed by atoms with E-state index < -0.39 is 26.5 Å². The smallest absolute Gasteiger partial charge is 0.462 e. The van der Waals surface area contributed by atoms with Crippen LogP contribution in [0.15, 0.2) is 72.9 Å². The van der Waals surface area contributed by atoms with Gasteiger partial charge in [0.15, 0.2) is 6.10 Å². The number of ether oxygens (including phenoxy) is 2. The second kappa shape index (κ2) is 59.1. The molecular weight excluding hydrogens is 990 g/mol. The number of unbranched alkanes of at least 4 members (excludes halogenated alkanes) is 34. The van der Waals surface area contributed by atoms with Gasteiger partial charge in [0.05, 0.1) is 27.7 Å². The zero-order valence-corrected chi connectivity index (χ0v) is 52.5. The number of carbonyl (C=O) groups is 2. The maximum atomic E-state index is 12.8.